The van der Waals surface area contributed by atoms with Crippen molar-refractivity contribution in [1.29, 1.82) is 0 Å². The molecule has 19 heavy (non-hydrogen) atoms. The molecule has 0 spiro atoms. The molecule has 0 heterocycles. The molecule has 2 aliphatic carbocycles. The van der Waals surface area contributed by atoms with E-state index in [0.717, 1.165) is 19.3 Å². The van der Waals surface area contributed by atoms with Crippen molar-refractivity contribution in [3.05, 3.63) is 22.8 Å². The molecule has 2 nitrogen and oxygen atoms in total. The van der Waals surface area contributed by atoms with Gasteiger partial charge >= 0.3 is 0 Å². The van der Waals surface area contributed by atoms with Gasteiger partial charge in [-0.15, -0.1) is 0 Å². The minimum atomic E-state index is -0.890. The molecule has 0 aromatic carbocycles. The fraction of sp³-hybridized carbons (Fsp3) is 0.688. The van der Waals surface area contributed by atoms with Gasteiger partial charge in [0.2, 0.25) is 5.91 Å². The van der Waals surface area contributed by atoms with Crippen LogP contribution >= 0.6 is 0 Å². The van der Waals surface area contributed by atoms with E-state index >= 15 is 0 Å². The third kappa shape index (κ3) is 2.33. The topological polar surface area (TPSA) is 43.1 Å². The van der Waals surface area contributed by atoms with Crippen molar-refractivity contribution in [3.8, 4) is 0 Å². The molecule has 1 amide bonds. The standard InChI is InChI=1S/C16H27NOSi/c1-11-9-13(10-12(11)2)16(15(17)18)8-6-5-7-14(16)19(3)4/h9,14,19H,5-8,10H2,1-4H3,(H2,17,18). The smallest absolute Gasteiger partial charge is 0.227 e. The molecule has 2 unspecified atom stereocenters. The number of hydrogen-bond donors (Lipinski definition) is 1. The predicted octanol–water partition coefficient (Wildman–Crippen LogP) is 3.56. The van der Waals surface area contributed by atoms with Crippen molar-refractivity contribution in [2.24, 2.45) is 11.1 Å². The van der Waals surface area contributed by atoms with Gasteiger partial charge in [-0.1, -0.05) is 55.2 Å². The lowest BCUT2D eigenvalue weighted by atomic mass is 9.67. The highest BCUT2D eigenvalue weighted by Gasteiger charge is 2.49. The average Bonchev–Trinajstić information content (AvgIpc) is 2.69. The lowest BCUT2D eigenvalue weighted by Crippen LogP contribution is -2.47. The number of nitrogens with two attached hydrogens (primary N) is 1. The number of primary amides is 1. The zero-order valence-corrected chi connectivity index (χ0v) is 13.9. The van der Waals surface area contributed by atoms with Crippen LogP contribution in [0.5, 0.6) is 0 Å². The maximum absolute atomic E-state index is 12.4. The first-order valence-electron chi connectivity index (χ1n) is 7.57. The second kappa shape index (κ2) is 5.27. The molecule has 0 saturated heterocycles. The summed E-state index contributed by atoms with van der Waals surface area (Å²) in [5.41, 5.74) is 10.2. The van der Waals surface area contributed by atoms with Gasteiger partial charge in [0.05, 0.1) is 5.41 Å². The number of allylic oxidation sites excluding steroid dienone is 3. The summed E-state index contributed by atoms with van der Waals surface area (Å²) in [7, 11) is -0.890. The second-order valence-electron chi connectivity index (χ2n) is 6.74. The van der Waals surface area contributed by atoms with Gasteiger partial charge in [-0.3, -0.25) is 4.79 Å². The number of hydrogen-bond acceptors (Lipinski definition) is 1. The molecule has 0 radical (unpaired) electrons. The molecular weight excluding hydrogens is 250 g/mol. The Labute approximate surface area is 118 Å². The Morgan fingerprint density at radius 1 is 1.37 bits per heavy atom. The van der Waals surface area contributed by atoms with Crippen LogP contribution in [0.3, 0.4) is 0 Å². The van der Waals surface area contributed by atoms with Crippen LogP contribution in [0.15, 0.2) is 22.8 Å². The predicted molar refractivity (Wildman–Crippen MR) is 83.8 cm³/mol. The fourth-order valence-electron chi connectivity index (χ4n) is 4.11. The number of carbonyl (C=O) groups is 1. The van der Waals surface area contributed by atoms with Crippen LogP contribution in [0.4, 0.5) is 0 Å². The van der Waals surface area contributed by atoms with Crippen molar-refractivity contribution < 1.29 is 4.79 Å². The van der Waals surface area contributed by atoms with Gasteiger partial charge in [0, 0.05) is 8.80 Å². The Morgan fingerprint density at radius 3 is 2.53 bits per heavy atom. The molecule has 1 saturated carbocycles. The van der Waals surface area contributed by atoms with Gasteiger partial charge in [0.25, 0.3) is 0 Å². The Balaban J connectivity index is 2.43. The van der Waals surface area contributed by atoms with Gasteiger partial charge in [0.15, 0.2) is 0 Å². The highest BCUT2D eigenvalue weighted by atomic mass is 28.3. The van der Waals surface area contributed by atoms with E-state index in [1.54, 1.807) is 0 Å². The van der Waals surface area contributed by atoms with E-state index in [9.17, 15) is 4.79 Å². The molecule has 3 heteroatoms. The Kier molecular flexibility index (Phi) is 4.05. The maximum atomic E-state index is 12.4. The van der Waals surface area contributed by atoms with Gasteiger partial charge < -0.3 is 5.73 Å². The van der Waals surface area contributed by atoms with Crippen molar-refractivity contribution in [3.63, 3.8) is 0 Å². The summed E-state index contributed by atoms with van der Waals surface area (Å²) in [6.45, 7) is 9.08. The number of carbonyl (C=O) groups excluding carboxylic acids is 1. The SMILES string of the molecule is CC1=C(C)CC(C2(C(N)=O)CCCCC2[SiH](C)C)=C1. The van der Waals surface area contributed by atoms with E-state index in [1.807, 2.05) is 0 Å². The van der Waals surface area contributed by atoms with Crippen LogP contribution in [0, 0.1) is 5.41 Å². The molecule has 0 aromatic heterocycles. The van der Waals surface area contributed by atoms with Crippen molar-refractivity contribution in [1.82, 2.24) is 0 Å². The van der Waals surface area contributed by atoms with Gasteiger partial charge in [-0.05, 0) is 32.2 Å². The summed E-state index contributed by atoms with van der Waals surface area (Å²) in [4.78, 5) is 12.4. The third-order valence-electron chi connectivity index (χ3n) is 5.31. The van der Waals surface area contributed by atoms with Gasteiger partial charge in [-0.2, -0.15) is 0 Å². The van der Waals surface area contributed by atoms with Crippen LogP contribution < -0.4 is 5.73 Å². The summed E-state index contributed by atoms with van der Waals surface area (Å²) < 4.78 is 0. The quantitative estimate of drug-likeness (QED) is 0.788. The maximum Gasteiger partial charge on any atom is 0.227 e. The van der Waals surface area contributed by atoms with Crippen LogP contribution in [-0.2, 0) is 4.79 Å². The Hall–Kier alpha value is -0.833. The highest BCUT2D eigenvalue weighted by Crippen LogP contribution is 2.54. The molecule has 2 N–H and O–H groups in total. The number of rotatable bonds is 3. The van der Waals surface area contributed by atoms with Crippen molar-refractivity contribution >= 4 is 14.7 Å². The van der Waals surface area contributed by atoms with E-state index in [4.69, 9.17) is 5.73 Å². The average molecular weight is 277 g/mol. The fourth-order valence-corrected chi connectivity index (χ4v) is 6.70. The largest absolute Gasteiger partial charge is 0.369 e. The molecule has 0 aliphatic heterocycles. The van der Waals surface area contributed by atoms with Crippen LogP contribution in [-0.4, -0.2) is 14.7 Å². The summed E-state index contributed by atoms with van der Waals surface area (Å²) in [5, 5.41) is 0. The molecule has 106 valence electrons. The van der Waals surface area contributed by atoms with E-state index < -0.39 is 8.80 Å². The lowest BCUT2D eigenvalue weighted by Gasteiger charge is -2.45. The Morgan fingerprint density at radius 2 is 2.05 bits per heavy atom. The summed E-state index contributed by atoms with van der Waals surface area (Å²) in [6.07, 6.45) is 7.81. The number of amides is 1. The van der Waals surface area contributed by atoms with E-state index in [-0.39, 0.29) is 11.3 Å². The highest BCUT2D eigenvalue weighted by molar-refractivity contribution is 6.58. The molecule has 2 rings (SSSR count). The van der Waals surface area contributed by atoms with Gasteiger partial charge in [0.1, 0.15) is 0 Å². The first-order valence-corrected chi connectivity index (χ1v) is 10.5. The van der Waals surface area contributed by atoms with Crippen molar-refractivity contribution in [2.45, 2.75) is 64.6 Å². The summed E-state index contributed by atoms with van der Waals surface area (Å²) >= 11 is 0. The van der Waals surface area contributed by atoms with Crippen LogP contribution in [0.2, 0.25) is 18.6 Å². The lowest BCUT2D eigenvalue weighted by molar-refractivity contribution is -0.127. The molecule has 2 aliphatic rings. The Bertz CT molecular complexity index is 450. The molecule has 1 fully saturated rings. The molecule has 0 bridgehead atoms. The van der Waals surface area contributed by atoms with E-state index in [0.29, 0.717) is 5.54 Å². The normalized spacial score (nSPS) is 31.8. The summed E-state index contributed by atoms with van der Waals surface area (Å²) in [5.74, 6) is -0.0628. The zero-order chi connectivity index (χ0) is 14.2. The second-order valence-corrected chi connectivity index (χ2v) is 10.0. The minimum Gasteiger partial charge on any atom is -0.369 e. The molecule has 0 aromatic rings. The monoisotopic (exact) mass is 277 g/mol. The van der Waals surface area contributed by atoms with Crippen LogP contribution in [0.25, 0.3) is 0 Å². The van der Waals surface area contributed by atoms with E-state index in [2.05, 4.69) is 33.0 Å². The first-order chi connectivity index (χ1) is 8.89. The van der Waals surface area contributed by atoms with E-state index in [1.165, 1.54) is 29.6 Å². The third-order valence-corrected chi connectivity index (χ3v) is 7.82. The molecular formula is C16H27NOSi. The minimum absolute atomic E-state index is 0.0628. The van der Waals surface area contributed by atoms with Gasteiger partial charge in [-0.25, -0.2) is 0 Å². The first kappa shape index (κ1) is 14.6. The van der Waals surface area contributed by atoms with Crippen LogP contribution in [0.1, 0.15) is 46.0 Å². The zero-order valence-electron chi connectivity index (χ0n) is 12.8. The molecule has 2 atom stereocenters. The van der Waals surface area contributed by atoms with Crippen molar-refractivity contribution in [2.75, 3.05) is 0 Å². The summed E-state index contributed by atoms with van der Waals surface area (Å²) in [6, 6.07) is 0.